The summed E-state index contributed by atoms with van der Waals surface area (Å²) in [6.07, 6.45) is 4.53. The molecule has 3 aliphatic heterocycles. The van der Waals surface area contributed by atoms with Crippen molar-refractivity contribution in [2.24, 2.45) is 11.8 Å². The van der Waals surface area contributed by atoms with Gasteiger partial charge in [0.05, 0.1) is 5.92 Å². The van der Waals surface area contributed by atoms with E-state index in [2.05, 4.69) is 0 Å². The zero-order valence-corrected chi connectivity index (χ0v) is 17.7. The van der Waals surface area contributed by atoms with Crippen LogP contribution in [0, 0.1) is 11.8 Å². The molecule has 6 nitrogen and oxygen atoms in total. The molecule has 28 heavy (non-hydrogen) atoms. The molecule has 0 spiro atoms. The Kier molecular flexibility index (Phi) is 5.97. The van der Waals surface area contributed by atoms with E-state index in [1.165, 1.54) is 9.87 Å². The number of carbonyl (C=O) groups excluding carboxylic acids is 1. The third-order valence-electron chi connectivity index (χ3n) is 6.16. The number of piperidine rings is 1. The Labute approximate surface area is 172 Å². The summed E-state index contributed by atoms with van der Waals surface area (Å²) in [6, 6.07) is 7.74. The molecule has 3 heterocycles. The van der Waals surface area contributed by atoms with Gasteiger partial charge in [0.15, 0.2) is 0 Å². The second-order valence-corrected chi connectivity index (χ2v) is 10.6. The van der Waals surface area contributed by atoms with Crippen LogP contribution < -0.4 is 0 Å². The lowest BCUT2D eigenvalue weighted by atomic mass is 9.94. The Morgan fingerprint density at radius 1 is 0.964 bits per heavy atom. The van der Waals surface area contributed by atoms with Crippen molar-refractivity contribution in [3.8, 4) is 0 Å². The molecule has 3 aliphatic rings. The minimum absolute atomic E-state index is 0.140. The van der Waals surface area contributed by atoms with E-state index in [4.69, 9.17) is 11.6 Å². The predicted octanol–water partition coefficient (Wildman–Crippen LogP) is 2.39. The molecule has 0 saturated carbocycles. The van der Waals surface area contributed by atoms with Crippen LogP contribution in [-0.2, 0) is 21.4 Å². The van der Waals surface area contributed by atoms with Crippen molar-refractivity contribution in [2.75, 3.05) is 39.3 Å². The fourth-order valence-electron chi connectivity index (χ4n) is 4.51. The predicted molar refractivity (Wildman–Crippen MR) is 109 cm³/mol. The first-order valence-electron chi connectivity index (χ1n) is 10.2. The third kappa shape index (κ3) is 4.22. The maximum Gasteiger partial charge on any atom is 0.282 e. The van der Waals surface area contributed by atoms with Crippen molar-refractivity contribution >= 4 is 27.7 Å². The monoisotopic (exact) mass is 425 g/mol. The lowest BCUT2D eigenvalue weighted by Gasteiger charge is -2.43. The second kappa shape index (κ2) is 8.30. The molecule has 8 heteroatoms. The van der Waals surface area contributed by atoms with Crippen LogP contribution in [0.25, 0.3) is 0 Å². The molecule has 1 aromatic rings. The van der Waals surface area contributed by atoms with Crippen molar-refractivity contribution < 1.29 is 13.2 Å². The first-order valence-corrected chi connectivity index (χ1v) is 12.0. The lowest BCUT2D eigenvalue weighted by molar-refractivity contribution is -0.135. The Hall–Kier alpha value is -1.15. The average molecular weight is 426 g/mol. The number of hydrogen-bond donors (Lipinski definition) is 0. The highest BCUT2D eigenvalue weighted by Gasteiger charge is 2.42. The number of halogens is 1. The van der Waals surface area contributed by atoms with Crippen molar-refractivity contribution in [1.82, 2.24) is 13.5 Å². The van der Waals surface area contributed by atoms with Crippen LogP contribution in [0.1, 0.15) is 31.2 Å². The largest absolute Gasteiger partial charge is 0.342 e. The van der Waals surface area contributed by atoms with Gasteiger partial charge in [0.2, 0.25) is 5.91 Å². The summed E-state index contributed by atoms with van der Waals surface area (Å²) >= 11 is 5.92. The van der Waals surface area contributed by atoms with E-state index in [-0.39, 0.29) is 11.8 Å². The number of likely N-dealkylation sites (tertiary alicyclic amines) is 1. The molecule has 0 unspecified atom stereocenters. The minimum atomic E-state index is -3.47. The third-order valence-corrected chi connectivity index (χ3v) is 8.35. The van der Waals surface area contributed by atoms with Crippen LogP contribution in [0.4, 0.5) is 0 Å². The van der Waals surface area contributed by atoms with Crippen LogP contribution in [0.2, 0.25) is 5.02 Å². The molecule has 0 bridgehead atoms. The molecule has 0 N–H and O–H groups in total. The van der Waals surface area contributed by atoms with Crippen LogP contribution in [0.15, 0.2) is 24.3 Å². The summed E-state index contributed by atoms with van der Waals surface area (Å²) in [6.45, 7) is 3.58. The summed E-state index contributed by atoms with van der Waals surface area (Å²) in [4.78, 5) is 14.6. The van der Waals surface area contributed by atoms with E-state index in [1.54, 1.807) is 4.31 Å². The average Bonchev–Trinajstić information content (AvgIpc) is 3.20. The van der Waals surface area contributed by atoms with E-state index in [9.17, 15) is 13.2 Å². The minimum Gasteiger partial charge on any atom is -0.342 e. The van der Waals surface area contributed by atoms with Crippen molar-refractivity contribution in [3.05, 3.63) is 34.9 Å². The summed E-state index contributed by atoms with van der Waals surface area (Å²) < 4.78 is 29.1. The van der Waals surface area contributed by atoms with Gasteiger partial charge >= 0.3 is 0 Å². The number of hydrogen-bond acceptors (Lipinski definition) is 3. The first kappa shape index (κ1) is 20.1. The second-order valence-electron chi connectivity index (χ2n) is 8.25. The smallest absolute Gasteiger partial charge is 0.282 e. The van der Waals surface area contributed by atoms with Crippen molar-refractivity contribution in [1.29, 1.82) is 0 Å². The van der Waals surface area contributed by atoms with Crippen LogP contribution >= 0.6 is 11.6 Å². The number of carbonyl (C=O) groups is 1. The maximum atomic E-state index is 13.0. The Balaban J connectivity index is 1.32. The Morgan fingerprint density at radius 3 is 2.32 bits per heavy atom. The van der Waals surface area contributed by atoms with Gasteiger partial charge in [0, 0.05) is 44.3 Å². The normalized spacial score (nSPS) is 25.0. The number of nitrogens with zero attached hydrogens (tertiary/aromatic N) is 3. The van der Waals surface area contributed by atoms with E-state index in [1.807, 2.05) is 29.2 Å². The van der Waals surface area contributed by atoms with E-state index >= 15 is 0 Å². The molecule has 0 radical (unpaired) electrons. The molecule has 154 valence electrons. The lowest BCUT2D eigenvalue weighted by Crippen LogP contribution is -2.57. The highest BCUT2D eigenvalue weighted by Crippen LogP contribution is 2.29. The highest BCUT2D eigenvalue weighted by molar-refractivity contribution is 7.86. The SMILES string of the molecule is O=C([C@H]1CCCN(S(=O)(=O)N2CC(Cc3ccc(Cl)cc3)C2)C1)N1CCCC1. The molecule has 1 atom stereocenters. The first-order chi connectivity index (χ1) is 13.4. The Morgan fingerprint density at radius 2 is 1.64 bits per heavy atom. The van der Waals surface area contributed by atoms with Crippen molar-refractivity contribution in [3.63, 3.8) is 0 Å². The molecule has 1 aromatic carbocycles. The highest BCUT2D eigenvalue weighted by atomic mass is 35.5. The molecule has 3 fully saturated rings. The van der Waals surface area contributed by atoms with Gasteiger partial charge in [-0.25, -0.2) is 0 Å². The quantitative estimate of drug-likeness (QED) is 0.727. The van der Waals surface area contributed by atoms with Gasteiger partial charge in [-0.05, 0) is 55.7 Å². The Bertz CT molecular complexity index is 802. The fraction of sp³-hybridized carbons (Fsp3) is 0.650. The summed E-state index contributed by atoms with van der Waals surface area (Å²) in [7, 11) is -3.47. The number of amides is 1. The molecule has 3 saturated heterocycles. The zero-order chi connectivity index (χ0) is 19.7. The van der Waals surface area contributed by atoms with Gasteiger partial charge < -0.3 is 4.90 Å². The van der Waals surface area contributed by atoms with Crippen LogP contribution in [0.5, 0.6) is 0 Å². The molecular weight excluding hydrogens is 398 g/mol. The number of rotatable bonds is 5. The van der Waals surface area contributed by atoms with E-state index in [0.717, 1.165) is 45.2 Å². The standard InChI is InChI=1S/C20H28ClN3O3S/c21-19-7-5-16(6-8-19)12-17-13-24(14-17)28(26,27)23-11-3-4-18(15-23)20(25)22-9-1-2-10-22/h5-8,17-18H,1-4,9-15H2/t18-/m0/s1. The van der Waals surface area contributed by atoms with Gasteiger partial charge in [-0.1, -0.05) is 23.7 Å². The van der Waals surface area contributed by atoms with Gasteiger partial charge in [-0.15, -0.1) is 0 Å². The van der Waals surface area contributed by atoms with Gasteiger partial charge in [0.1, 0.15) is 0 Å². The zero-order valence-electron chi connectivity index (χ0n) is 16.1. The maximum absolute atomic E-state index is 13.0. The summed E-state index contributed by atoms with van der Waals surface area (Å²) in [5, 5.41) is 0.713. The summed E-state index contributed by atoms with van der Waals surface area (Å²) in [5.41, 5.74) is 1.18. The van der Waals surface area contributed by atoms with Crippen molar-refractivity contribution in [2.45, 2.75) is 32.1 Å². The summed E-state index contributed by atoms with van der Waals surface area (Å²) in [5.74, 6) is 0.289. The van der Waals surface area contributed by atoms with Crippen LogP contribution in [0.3, 0.4) is 0 Å². The van der Waals surface area contributed by atoms with E-state index in [0.29, 0.717) is 37.1 Å². The molecule has 0 aromatic heterocycles. The topological polar surface area (TPSA) is 60.9 Å². The molecule has 1 amide bonds. The van der Waals surface area contributed by atoms with Gasteiger partial charge in [-0.2, -0.15) is 17.0 Å². The molecular formula is C20H28ClN3O3S. The molecule has 4 rings (SSSR count). The van der Waals surface area contributed by atoms with E-state index < -0.39 is 10.2 Å². The fourth-order valence-corrected chi connectivity index (χ4v) is 6.49. The van der Waals surface area contributed by atoms with Crippen LogP contribution in [-0.4, -0.2) is 67.1 Å². The molecule has 0 aliphatic carbocycles. The number of benzene rings is 1. The van der Waals surface area contributed by atoms with Gasteiger partial charge in [-0.3, -0.25) is 4.79 Å². The van der Waals surface area contributed by atoms with Gasteiger partial charge in [0.25, 0.3) is 10.2 Å².